The van der Waals surface area contributed by atoms with Crippen molar-refractivity contribution >= 4 is 11.8 Å². The molecule has 0 radical (unpaired) electrons. The number of hydrogen-bond acceptors (Lipinski definition) is 5. The molecule has 1 aromatic heterocycles. The van der Waals surface area contributed by atoms with Gasteiger partial charge in [0.25, 0.3) is 5.91 Å². The lowest BCUT2D eigenvalue weighted by Crippen LogP contribution is -2.63. The smallest absolute Gasteiger partial charge is 0.273 e. The quantitative estimate of drug-likeness (QED) is 0.382. The number of hydrogen-bond donors (Lipinski definition) is 1. The number of nitrogens with zero attached hydrogens (tertiary/aromatic N) is 3. The molecular weight excluding hydrogens is 480 g/mol. The Morgan fingerprint density at radius 3 is 2.37 bits per heavy atom. The first-order valence-electron chi connectivity index (χ1n) is 12.4. The van der Waals surface area contributed by atoms with E-state index in [-0.39, 0.29) is 24.9 Å². The number of rotatable bonds is 8. The molecule has 8 nitrogen and oxygen atoms in total. The number of methoxy groups -OCH3 is 2. The normalized spacial score (nSPS) is 16.6. The Bertz CT molecular complexity index is 1450. The van der Waals surface area contributed by atoms with Crippen LogP contribution >= 0.6 is 0 Å². The summed E-state index contributed by atoms with van der Waals surface area (Å²) in [5, 5.41) is 7.75. The molecule has 8 heteroatoms. The molecule has 0 saturated heterocycles. The minimum atomic E-state index is -1.22. The highest BCUT2D eigenvalue weighted by molar-refractivity contribution is 6.00. The van der Waals surface area contributed by atoms with Gasteiger partial charge in [0.1, 0.15) is 22.7 Å². The van der Waals surface area contributed by atoms with E-state index in [9.17, 15) is 9.59 Å². The monoisotopic (exact) mass is 510 g/mol. The van der Waals surface area contributed by atoms with Crippen LogP contribution < -0.4 is 14.8 Å². The largest absolute Gasteiger partial charge is 0.497 e. The number of carbonyl (C=O) groups excluding carboxylic acids is 2. The molecule has 0 fully saturated rings. The van der Waals surface area contributed by atoms with E-state index in [0.717, 1.165) is 16.7 Å². The summed E-state index contributed by atoms with van der Waals surface area (Å²) >= 11 is 0. The molecule has 5 rings (SSSR count). The Morgan fingerprint density at radius 2 is 1.68 bits per heavy atom. The topological polar surface area (TPSA) is 85.7 Å². The summed E-state index contributed by atoms with van der Waals surface area (Å²) in [7, 11) is 3.17. The van der Waals surface area contributed by atoms with Crippen LogP contribution in [0.25, 0.3) is 11.3 Å². The predicted octanol–water partition coefficient (Wildman–Crippen LogP) is 4.30. The van der Waals surface area contributed by atoms with Gasteiger partial charge >= 0.3 is 0 Å². The molecular formula is C30H30N4O4. The molecule has 1 aliphatic rings. The van der Waals surface area contributed by atoms with Crippen molar-refractivity contribution < 1.29 is 19.1 Å². The molecule has 1 aliphatic heterocycles. The summed E-state index contributed by atoms with van der Waals surface area (Å²) in [6.45, 7) is 2.49. The molecule has 0 saturated carbocycles. The van der Waals surface area contributed by atoms with Gasteiger partial charge in [0.05, 0.1) is 33.0 Å². The molecule has 194 valence electrons. The van der Waals surface area contributed by atoms with Crippen molar-refractivity contribution in [2.45, 2.75) is 32.1 Å². The number of carbonyl (C=O) groups is 2. The van der Waals surface area contributed by atoms with Crippen LogP contribution in [0.1, 0.15) is 28.5 Å². The number of nitrogens with one attached hydrogen (secondary N) is 1. The minimum Gasteiger partial charge on any atom is -0.497 e. The van der Waals surface area contributed by atoms with E-state index in [1.54, 1.807) is 48.9 Å². The van der Waals surface area contributed by atoms with Gasteiger partial charge < -0.3 is 19.7 Å². The summed E-state index contributed by atoms with van der Waals surface area (Å²) in [4.78, 5) is 29.4. The first-order valence-corrected chi connectivity index (χ1v) is 12.4. The van der Waals surface area contributed by atoms with E-state index < -0.39 is 5.54 Å². The third-order valence-corrected chi connectivity index (χ3v) is 6.97. The minimum absolute atomic E-state index is 0.153. The average Bonchev–Trinajstić information content (AvgIpc) is 3.38. The van der Waals surface area contributed by atoms with Crippen molar-refractivity contribution in [1.82, 2.24) is 20.0 Å². The van der Waals surface area contributed by atoms with Crippen LogP contribution in [0.15, 0.2) is 84.9 Å². The van der Waals surface area contributed by atoms with Gasteiger partial charge in [0.2, 0.25) is 5.91 Å². The summed E-state index contributed by atoms with van der Waals surface area (Å²) in [6, 6.07) is 26.6. The Labute approximate surface area is 221 Å². The van der Waals surface area contributed by atoms with Crippen molar-refractivity contribution in [3.05, 3.63) is 102 Å². The SMILES string of the molecule is COc1ccc(OC)c(CN2C(=O)c3cc(-c4ccccc4)nn3C[C@]2(C)C(=O)NCc2ccccc2)c1. The van der Waals surface area contributed by atoms with Crippen molar-refractivity contribution in [3.63, 3.8) is 0 Å². The molecule has 2 amide bonds. The van der Waals surface area contributed by atoms with Crippen LogP contribution in [-0.4, -0.2) is 46.3 Å². The Hall–Kier alpha value is -4.59. The summed E-state index contributed by atoms with van der Waals surface area (Å²) in [5.74, 6) is 0.693. The molecule has 0 bridgehead atoms. The Kier molecular flexibility index (Phi) is 6.87. The highest BCUT2D eigenvalue weighted by atomic mass is 16.5. The lowest BCUT2D eigenvalue weighted by atomic mass is 9.93. The second-order valence-electron chi connectivity index (χ2n) is 9.45. The van der Waals surface area contributed by atoms with E-state index in [0.29, 0.717) is 29.4 Å². The van der Waals surface area contributed by atoms with Crippen LogP contribution in [0, 0.1) is 0 Å². The highest BCUT2D eigenvalue weighted by Crippen LogP contribution is 2.34. The maximum atomic E-state index is 14.0. The molecule has 2 heterocycles. The van der Waals surface area contributed by atoms with Gasteiger partial charge in [-0.05, 0) is 36.8 Å². The molecule has 3 aromatic carbocycles. The zero-order valence-electron chi connectivity index (χ0n) is 21.7. The molecule has 1 N–H and O–H groups in total. The van der Waals surface area contributed by atoms with Crippen LogP contribution in [0.5, 0.6) is 11.5 Å². The van der Waals surface area contributed by atoms with Crippen LogP contribution in [-0.2, 0) is 24.4 Å². The van der Waals surface area contributed by atoms with Crippen molar-refractivity contribution in [2.24, 2.45) is 0 Å². The maximum Gasteiger partial charge on any atom is 0.273 e. The maximum absolute atomic E-state index is 14.0. The van der Waals surface area contributed by atoms with E-state index in [4.69, 9.17) is 14.6 Å². The Morgan fingerprint density at radius 1 is 0.974 bits per heavy atom. The third kappa shape index (κ3) is 4.72. The van der Waals surface area contributed by atoms with E-state index >= 15 is 0 Å². The molecule has 0 aliphatic carbocycles. The summed E-state index contributed by atoms with van der Waals surface area (Å²) in [5.41, 5.74) is 2.50. The second kappa shape index (κ2) is 10.4. The Balaban J connectivity index is 1.53. The fourth-order valence-electron chi connectivity index (χ4n) is 4.78. The summed E-state index contributed by atoms with van der Waals surface area (Å²) < 4.78 is 12.6. The predicted molar refractivity (Wildman–Crippen MR) is 144 cm³/mol. The molecule has 38 heavy (non-hydrogen) atoms. The number of amides is 2. The lowest BCUT2D eigenvalue weighted by molar-refractivity contribution is -0.133. The van der Waals surface area contributed by atoms with Gasteiger partial charge in [-0.15, -0.1) is 0 Å². The van der Waals surface area contributed by atoms with Gasteiger partial charge in [-0.3, -0.25) is 14.3 Å². The third-order valence-electron chi connectivity index (χ3n) is 6.97. The van der Waals surface area contributed by atoms with Crippen LogP contribution in [0.2, 0.25) is 0 Å². The lowest BCUT2D eigenvalue weighted by Gasteiger charge is -2.43. The highest BCUT2D eigenvalue weighted by Gasteiger charge is 2.48. The first-order chi connectivity index (χ1) is 18.4. The number of aromatic nitrogens is 2. The van der Waals surface area contributed by atoms with Gasteiger partial charge in [0.15, 0.2) is 0 Å². The van der Waals surface area contributed by atoms with Gasteiger partial charge in [-0.2, -0.15) is 5.10 Å². The molecule has 1 atom stereocenters. The number of benzene rings is 3. The van der Waals surface area contributed by atoms with Crippen LogP contribution in [0.3, 0.4) is 0 Å². The van der Waals surface area contributed by atoms with Gasteiger partial charge in [0, 0.05) is 17.7 Å². The standard InChI is InChI=1S/C30H30N4O4/c1-30(29(36)31-18-21-10-6-4-7-11-21)20-34-26(17-25(32-34)22-12-8-5-9-13-22)28(35)33(30)19-23-16-24(37-2)14-15-27(23)38-3/h4-17H,18-20H2,1-3H3,(H,31,36)/t30-/m1/s1. The van der Waals surface area contributed by atoms with Crippen molar-refractivity contribution in [3.8, 4) is 22.8 Å². The van der Waals surface area contributed by atoms with E-state index in [2.05, 4.69) is 5.32 Å². The van der Waals surface area contributed by atoms with Crippen molar-refractivity contribution in [1.29, 1.82) is 0 Å². The van der Waals surface area contributed by atoms with Gasteiger partial charge in [-0.25, -0.2) is 0 Å². The second-order valence-corrected chi connectivity index (χ2v) is 9.45. The molecule has 4 aromatic rings. The average molecular weight is 511 g/mol. The van der Waals surface area contributed by atoms with E-state index in [1.165, 1.54) is 0 Å². The zero-order chi connectivity index (χ0) is 26.7. The fraction of sp³-hybridized carbons (Fsp3) is 0.233. The summed E-state index contributed by atoms with van der Waals surface area (Å²) in [6.07, 6.45) is 0. The molecule has 0 spiro atoms. The van der Waals surface area contributed by atoms with Crippen molar-refractivity contribution in [2.75, 3.05) is 14.2 Å². The van der Waals surface area contributed by atoms with E-state index in [1.807, 2.05) is 66.7 Å². The van der Waals surface area contributed by atoms with Crippen LogP contribution in [0.4, 0.5) is 0 Å². The number of ether oxygens (including phenoxy) is 2. The fourth-order valence-corrected chi connectivity index (χ4v) is 4.78. The first kappa shape index (κ1) is 25.1. The molecule has 0 unspecified atom stereocenters. The number of fused-ring (bicyclic) bond motifs is 1. The van der Waals surface area contributed by atoms with Gasteiger partial charge in [-0.1, -0.05) is 60.7 Å². The zero-order valence-corrected chi connectivity index (χ0v) is 21.7.